The summed E-state index contributed by atoms with van der Waals surface area (Å²) in [6.07, 6.45) is -2.30. The molecule has 0 N–H and O–H groups in total. The number of esters is 1. The van der Waals surface area contributed by atoms with Gasteiger partial charge in [0.05, 0.1) is 5.39 Å². The van der Waals surface area contributed by atoms with E-state index < -0.39 is 34.7 Å². The van der Waals surface area contributed by atoms with Crippen molar-refractivity contribution in [2.45, 2.75) is 25.9 Å². The molecule has 8 heteroatoms. The van der Waals surface area contributed by atoms with Crippen LogP contribution in [0, 0.1) is 0 Å². The van der Waals surface area contributed by atoms with Gasteiger partial charge in [0.15, 0.2) is 0 Å². The normalized spacial score (nSPS) is 11.8. The second-order valence-corrected chi connectivity index (χ2v) is 8.20. The topological polar surface area (TPSA) is 65.7 Å². The van der Waals surface area contributed by atoms with Crippen molar-refractivity contribution in [2.24, 2.45) is 0 Å². The third kappa shape index (κ3) is 5.49. The Morgan fingerprint density at radius 3 is 2.36 bits per heavy atom. The lowest BCUT2D eigenvalue weighted by atomic mass is 10.0. The number of fused-ring (bicyclic) bond motifs is 1. The van der Waals surface area contributed by atoms with Gasteiger partial charge in [-0.25, -0.2) is 4.79 Å². The summed E-state index contributed by atoms with van der Waals surface area (Å²) in [5.74, 6) is -3.30. The van der Waals surface area contributed by atoms with Crippen LogP contribution in [-0.4, -0.2) is 5.97 Å². The highest BCUT2D eigenvalue weighted by molar-refractivity contribution is 5.89. The number of hydrogen-bond acceptors (Lipinski definition) is 5. The minimum Gasteiger partial charge on any atom is -0.449 e. The zero-order valence-corrected chi connectivity index (χ0v) is 19.3. The van der Waals surface area contributed by atoms with Crippen molar-refractivity contribution in [2.75, 3.05) is 0 Å². The molecule has 3 aromatic carbocycles. The summed E-state index contributed by atoms with van der Waals surface area (Å²) < 4.78 is 57.4. The van der Waals surface area contributed by atoms with Crippen molar-refractivity contribution in [3.05, 3.63) is 106 Å². The van der Waals surface area contributed by atoms with Crippen LogP contribution in [0.3, 0.4) is 0 Å². The van der Waals surface area contributed by atoms with Crippen molar-refractivity contribution in [1.82, 2.24) is 0 Å². The number of hydrogen-bond donors (Lipinski definition) is 0. The van der Waals surface area contributed by atoms with Gasteiger partial charge in [0, 0.05) is 12.1 Å². The fraction of sp³-hybridized carbons (Fsp3) is 0.143. The summed E-state index contributed by atoms with van der Waals surface area (Å²) in [6, 6.07) is 19.1. The molecule has 0 fully saturated rings. The van der Waals surface area contributed by atoms with Crippen LogP contribution in [0.2, 0.25) is 0 Å². The van der Waals surface area contributed by atoms with Crippen LogP contribution in [0.4, 0.5) is 13.2 Å². The second-order valence-electron chi connectivity index (χ2n) is 8.20. The fourth-order valence-electron chi connectivity index (χ4n) is 3.54. The summed E-state index contributed by atoms with van der Waals surface area (Å²) in [5.41, 5.74) is 0.00873. The smallest absolute Gasteiger partial charge is 0.449 e. The molecule has 36 heavy (non-hydrogen) atoms. The van der Waals surface area contributed by atoms with Gasteiger partial charge in [-0.3, -0.25) is 4.79 Å². The molecule has 4 rings (SSSR count). The van der Waals surface area contributed by atoms with Crippen LogP contribution >= 0.6 is 0 Å². The standard InChI is InChI=1S/C28H21F3O5/c1-17(2)20-10-6-7-11-22(20)35-26-25(33)21-14-13-19(16-23(21)36-27(26)28(29,30)31)34-24(32)15-12-18-8-4-3-5-9-18/h3-17H,1-2H3. The molecule has 1 aromatic heterocycles. The van der Waals surface area contributed by atoms with Crippen LogP contribution in [0.25, 0.3) is 17.0 Å². The predicted octanol–water partition coefficient (Wildman–Crippen LogP) is 7.35. The molecule has 0 amide bonds. The predicted molar refractivity (Wildman–Crippen MR) is 129 cm³/mol. The van der Waals surface area contributed by atoms with E-state index in [0.717, 1.165) is 11.6 Å². The van der Waals surface area contributed by atoms with E-state index in [0.29, 0.717) is 5.56 Å². The average Bonchev–Trinajstić information content (AvgIpc) is 2.84. The fourth-order valence-corrected chi connectivity index (χ4v) is 3.54. The summed E-state index contributed by atoms with van der Waals surface area (Å²) in [7, 11) is 0. The number of carbonyl (C=O) groups excluding carboxylic acids is 1. The number of para-hydroxylation sites is 1. The van der Waals surface area contributed by atoms with E-state index in [1.54, 1.807) is 42.5 Å². The first-order valence-corrected chi connectivity index (χ1v) is 11.0. The van der Waals surface area contributed by atoms with E-state index in [2.05, 4.69) is 0 Å². The van der Waals surface area contributed by atoms with Crippen LogP contribution in [-0.2, 0) is 11.0 Å². The van der Waals surface area contributed by atoms with Gasteiger partial charge in [0.2, 0.25) is 11.2 Å². The molecule has 1 heterocycles. The van der Waals surface area contributed by atoms with Crippen LogP contribution in [0.15, 0.2) is 88.1 Å². The van der Waals surface area contributed by atoms with Crippen molar-refractivity contribution < 1.29 is 31.9 Å². The maximum Gasteiger partial charge on any atom is 0.453 e. The third-order valence-corrected chi connectivity index (χ3v) is 5.26. The van der Waals surface area contributed by atoms with E-state index in [4.69, 9.17) is 13.9 Å². The molecule has 4 aromatic rings. The number of benzene rings is 3. The molecule has 0 aliphatic rings. The highest BCUT2D eigenvalue weighted by Gasteiger charge is 2.40. The number of carbonyl (C=O) groups is 1. The Morgan fingerprint density at radius 2 is 1.67 bits per heavy atom. The molecular formula is C28H21F3O5. The first-order chi connectivity index (χ1) is 17.1. The van der Waals surface area contributed by atoms with E-state index in [1.165, 1.54) is 30.4 Å². The van der Waals surface area contributed by atoms with Gasteiger partial charge in [-0.15, -0.1) is 0 Å². The lowest BCUT2D eigenvalue weighted by Gasteiger charge is -2.16. The van der Waals surface area contributed by atoms with Gasteiger partial charge < -0.3 is 13.9 Å². The molecule has 0 saturated carbocycles. The van der Waals surface area contributed by atoms with Crippen molar-refractivity contribution in [3.8, 4) is 17.2 Å². The SMILES string of the molecule is CC(C)c1ccccc1Oc1c(C(F)(F)F)oc2cc(OC(=O)C=Cc3ccccc3)ccc2c1=O. The Hall–Kier alpha value is -4.33. The van der Waals surface area contributed by atoms with Gasteiger partial charge >= 0.3 is 12.1 Å². The molecule has 0 aliphatic heterocycles. The molecule has 0 aliphatic carbocycles. The van der Waals surface area contributed by atoms with Crippen LogP contribution < -0.4 is 14.9 Å². The van der Waals surface area contributed by atoms with Gasteiger partial charge in [0.25, 0.3) is 5.76 Å². The quantitative estimate of drug-likeness (QED) is 0.159. The Labute approximate surface area is 204 Å². The first-order valence-electron chi connectivity index (χ1n) is 11.0. The maximum atomic E-state index is 13.9. The average molecular weight is 494 g/mol. The van der Waals surface area contributed by atoms with E-state index in [9.17, 15) is 22.8 Å². The summed E-state index contributed by atoms with van der Waals surface area (Å²) >= 11 is 0. The summed E-state index contributed by atoms with van der Waals surface area (Å²) in [4.78, 5) is 25.2. The largest absolute Gasteiger partial charge is 0.453 e. The van der Waals surface area contributed by atoms with Gasteiger partial charge in [-0.1, -0.05) is 62.4 Å². The van der Waals surface area contributed by atoms with Crippen molar-refractivity contribution in [3.63, 3.8) is 0 Å². The molecule has 0 unspecified atom stereocenters. The summed E-state index contributed by atoms with van der Waals surface area (Å²) in [5, 5.41) is -0.153. The highest BCUT2D eigenvalue weighted by Crippen LogP contribution is 2.40. The first kappa shape index (κ1) is 24.8. The lowest BCUT2D eigenvalue weighted by Crippen LogP contribution is -2.16. The minimum absolute atomic E-state index is 0.0591. The van der Waals surface area contributed by atoms with Gasteiger partial charge in [0.1, 0.15) is 17.1 Å². The van der Waals surface area contributed by atoms with Crippen molar-refractivity contribution in [1.29, 1.82) is 0 Å². The molecule has 184 valence electrons. The zero-order chi connectivity index (χ0) is 25.9. The van der Waals surface area contributed by atoms with Gasteiger partial charge in [-0.05, 0) is 41.3 Å². The van der Waals surface area contributed by atoms with Crippen LogP contribution in [0.1, 0.15) is 36.7 Å². The Kier molecular flexibility index (Phi) is 6.96. The highest BCUT2D eigenvalue weighted by atomic mass is 19.4. The zero-order valence-electron chi connectivity index (χ0n) is 19.3. The lowest BCUT2D eigenvalue weighted by molar-refractivity contribution is -0.154. The third-order valence-electron chi connectivity index (χ3n) is 5.26. The maximum absolute atomic E-state index is 13.9. The second kappa shape index (κ2) is 10.1. The van der Waals surface area contributed by atoms with Gasteiger partial charge in [-0.2, -0.15) is 13.2 Å². The number of ether oxygens (including phenoxy) is 2. The Morgan fingerprint density at radius 1 is 0.972 bits per heavy atom. The minimum atomic E-state index is -5.01. The van der Waals surface area contributed by atoms with Crippen LogP contribution in [0.5, 0.6) is 17.2 Å². The molecule has 0 atom stereocenters. The molecule has 0 bridgehead atoms. The van der Waals surface area contributed by atoms with E-state index in [-0.39, 0.29) is 22.8 Å². The Bertz CT molecular complexity index is 1490. The molecule has 0 radical (unpaired) electrons. The Balaban J connectivity index is 1.71. The number of rotatable bonds is 6. The van der Waals surface area contributed by atoms with E-state index in [1.807, 2.05) is 19.9 Å². The van der Waals surface area contributed by atoms with E-state index >= 15 is 0 Å². The molecule has 5 nitrogen and oxygen atoms in total. The number of alkyl halides is 3. The molecule has 0 saturated heterocycles. The van der Waals surface area contributed by atoms with Crippen molar-refractivity contribution >= 4 is 23.0 Å². The summed E-state index contributed by atoms with van der Waals surface area (Å²) in [6.45, 7) is 3.71. The number of halogens is 3. The monoisotopic (exact) mass is 494 g/mol. The molecular weight excluding hydrogens is 473 g/mol. The molecule has 0 spiro atoms.